The SMILES string of the molecule is CCn1cnnc1CNc1nccc(C)c1Br. The Kier molecular flexibility index (Phi) is 3.73. The molecule has 0 aliphatic heterocycles. The highest BCUT2D eigenvalue weighted by Crippen LogP contribution is 2.23. The molecule has 0 atom stereocenters. The highest BCUT2D eigenvalue weighted by molar-refractivity contribution is 9.10. The van der Waals surface area contributed by atoms with Gasteiger partial charge in [0, 0.05) is 12.7 Å². The van der Waals surface area contributed by atoms with Crippen LogP contribution >= 0.6 is 15.9 Å². The summed E-state index contributed by atoms with van der Waals surface area (Å²) in [5, 5.41) is 11.2. The Morgan fingerprint density at radius 1 is 1.47 bits per heavy atom. The number of halogens is 1. The minimum atomic E-state index is 0.614. The summed E-state index contributed by atoms with van der Waals surface area (Å²) in [5.41, 5.74) is 1.15. The molecule has 5 nitrogen and oxygen atoms in total. The highest BCUT2D eigenvalue weighted by atomic mass is 79.9. The van der Waals surface area contributed by atoms with Gasteiger partial charge in [-0.3, -0.25) is 0 Å². The first-order valence-electron chi connectivity index (χ1n) is 5.44. The predicted molar refractivity (Wildman–Crippen MR) is 69.7 cm³/mol. The summed E-state index contributed by atoms with van der Waals surface area (Å²) in [6.07, 6.45) is 3.52. The Hall–Kier alpha value is -1.43. The number of aryl methyl sites for hydroxylation is 2. The minimum Gasteiger partial charge on any atom is -0.362 e. The van der Waals surface area contributed by atoms with Crippen LogP contribution in [0, 0.1) is 6.92 Å². The van der Waals surface area contributed by atoms with E-state index in [9.17, 15) is 0 Å². The molecule has 0 amide bonds. The number of aromatic nitrogens is 4. The summed E-state index contributed by atoms with van der Waals surface area (Å²) >= 11 is 3.51. The monoisotopic (exact) mass is 295 g/mol. The van der Waals surface area contributed by atoms with Crippen molar-refractivity contribution in [3.8, 4) is 0 Å². The van der Waals surface area contributed by atoms with Crippen LogP contribution in [0.5, 0.6) is 0 Å². The zero-order valence-electron chi connectivity index (χ0n) is 9.81. The van der Waals surface area contributed by atoms with Gasteiger partial charge in [-0.05, 0) is 41.4 Å². The molecule has 2 aromatic heterocycles. The van der Waals surface area contributed by atoms with Crippen molar-refractivity contribution in [2.75, 3.05) is 5.32 Å². The van der Waals surface area contributed by atoms with Crippen molar-refractivity contribution >= 4 is 21.7 Å². The van der Waals surface area contributed by atoms with Crippen LogP contribution in [0.2, 0.25) is 0 Å². The van der Waals surface area contributed by atoms with E-state index in [0.29, 0.717) is 6.54 Å². The number of nitrogens with one attached hydrogen (secondary N) is 1. The van der Waals surface area contributed by atoms with Gasteiger partial charge in [0.1, 0.15) is 12.1 Å². The molecule has 0 aromatic carbocycles. The lowest BCUT2D eigenvalue weighted by atomic mass is 10.3. The fourth-order valence-electron chi connectivity index (χ4n) is 1.51. The molecule has 2 aromatic rings. The summed E-state index contributed by atoms with van der Waals surface area (Å²) < 4.78 is 2.99. The average molecular weight is 296 g/mol. The molecule has 0 bridgehead atoms. The van der Waals surface area contributed by atoms with Gasteiger partial charge in [-0.2, -0.15) is 0 Å². The van der Waals surface area contributed by atoms with Crippen molar-refractivity contribution < 1.29 is 0 Å². The normalized spacial score (nSPS) is 10.5. The highest BCUT2D eigenvalue weighted by Gasteiger charge is 2.06. The molecule has 0 aliphatic carbocycles. The second-order valence-corrected chi connectivity index (χ2v) is 4.47. The van der Waals surface area contributed by atoms with Gasteiger partial charge in [0.05, 0.1) is 11.0 Å². The summed E-state index contributed by atoms with van der Waals surface area (Å²) in [6.45, 7) is 5.58. The van der Waals surface area contributed by atoms with Crippen molar-refractivity contribution in [2.45, 2.75) is 26.9 Å². The summed E-state index contributed by atoms with van der Waals surface area (Å²) in [6, 6.07) is 1.96. The molecular formula is C11H14BrN5. The Bertz CT molecular complexity index is 508. The third-order valence-corrected chi connectivity index (χ3v) is 3.53. The molecular weight excluding hydrogens is 282 g/mol. The average Bonchev–Trinajstić information content (AvgIpc) is 2.78. The molecule has 90 valence electrons. The fourth-order valence-corrected chi connectivity index (χ4v) is 1.88. The largest absolute Gasteiger partial charge is 0.362 e. The second kappa shape index (κ2) is 5.27. The van der Waals surface area contributed by atoms with E-state index in [-0.39, 0.29) is 0 Å². The second-order valence-electron chi connectivity index (χ2n) is 3.68. The molecule has 17 heavy (non-hydrogen) atoms. The fraction of sp³-hybridized carbons (Fsp3) is 0.364. The Balaban J connectivity index is 2.10. The number of rotatable bonds is 4. The molecule has 2 heterocycles. The van der Waals surface area contributed by atoms with E-state index in [0.717, 1.165) is 28.2 Å². The topological polar surface area (TPSA) is 55.6 Å². The first kappa shape index (κ1) is 12.0. The molecule has 0 saturated heterocycles. The van der Waals surface area contributed by atoms with Gasteiger partial charge >= 0.3 is 0 Å². The standard InChI is InChI=1S/C11H14BrN5/c1-3-17-7-15-16-9(17)6-14-11-10(12)8(2)4-5-13-11/h4-5,7H,3,6H2,1-2H3,(H,13,14). The number of hydrogen-bond donors (Lipinski definition) is 1. The Morgan fingerprint density at radius 2 is 2.29 bits per heavy atom. The summed E-state index contributed by atoms with van der Waals surface area (Å²) in [4.78, 5) is 4.28. The van der Waals surface area contributed by atoms with Crippen LogP contribution in [0.25, 0.3) is 0 Å². The quantitative estimate of drug-likeness (QED) is 0.941. The third kappa shape index (κ3) is 2.63. The van der Waals surface area contributed by atoms with E-state index in [1.54, 1.807) is 12.5 Å². The first-order chi connectivity index (χ1) is 8.22. The van der Waals surface area contributed by atoms with Crippen molar-refractivity contribution in [2.24, 2.45) is 0 Å². The van der Waals surface area contributed by atoms with E-state index < -0.39 is 0 Å². The lowest BCUT2D eigenvalue weighted by Crippen LogP contribution is -2.09. The molecule has 0 fully saturated rings. The van der Waals surface area contributed by atoms with Crippen LogP contribution in [-0.2, 0) is 13.1 Å². The van der Waals surface area contributed by atoms with Gasteiger partial charge in [-0.25, -0.2) is 4.98 Å². The molecule has 0 radical (unpaired) electrons. The van der Waals surface area contributed by atoms with Crippen molar-refractivity contribution in [1.82, 2.24) is 19.7 Å². The molecule has 1 N–H and O–H groups in total. The maximum Gasteiger partial charge on any atom is 0.152 e. The maximum atomic E-state index is 4.28. The molecule has 6 heteroatoms. The number of hydrogen-bond acceptors (Lipinski definition) is 4. The smallest absolute Gasteiger partial charge is 0.152 e. The summed E-state index contributed by atoms with van der Waals surface area (Å²) in [5.74, 6) is 1.73. The van der Waals surface area contributed by atoms with Crippen LogP contribution in [-0.4, -0.2) is 19.7 Å². The van der Waals surface area contributed by atoms with Crippen LogP contribution in [0.4, 0.5) is 5.82 Å². The van der Waals surface area contributed by atoms with Gasteiger partial charge < -0.3 is 9.88 Å². The first-order valence-corrected chi connectivity index (χ1v) is 6.23. The lowest BCUT2D eigenvalue weighted by molar-refractivity contribution is 0.707. The minimum absolute atomic E-state index is 0.614. The predicted octanol–water partition coefficient (Wildman–Crippen LogP) is 2.38. The van der Waals surface area contributed by atoms with E-state index in [1.165, 1.54) is 0 Å². The summed E-state index contributed by atoms with van der Waals surface area (Å²) in [7, 11) is 0. The van der Waals surface area contributed by atoms with Gasteiger partial charge in [0.2, 0.25) is 0 Å². The molecule has 2 rings (SSSR count). The van der Waals surface area contributed by atoms with Crippen molar-refractivity contribution in [3.63, 3.8) is 0 Å². The molecule has 0 unspecified atom stereocenters. The van der Waals surface area contributed by atoms with Crippen LogP contribution in [0.3, 0.4) is 0 Å². The van der Waals surface area contributed by atoms with Crippen molar-refractivity contribution in [1.29, 1.82) is 0 Å². The maximum absolute atomic E-state index is 4.28. The molecule has 0 saturated carbocycles. The number of nitrogens with zero attached hydrogens (tertiary/aromatic N) is 4. The van der Waals surface area contributed by atoms with Crippen LogP contribution < -0.4 is 5.32 Å². The molecule has 0 spiro atoms. The lowest BCUT2D eigenvalue weighted by Gasteiger charge is -2.09. The Morgan fingerprint density at radius 3 is 3.06 bits per heavy atom. The van der Waals surface area contributed by atoms with E-state index in [2.05, 4.69) is 43.4 Å². The van der Waals surface area contributed by atoms with E-state index in [4.69, 9.17) is 0 Å². The van der Waals surface area contributed by atoms with Gasteiger partial charge in [0.15, 0.2) is 5.82 Å². The number of anilines is 1. The number of pyridine rings is 1. The van der Waals surface area contributed by atoms with Crippen LogP contribution in [0.1, 0.15) is 18.3 Å². The van der Waals surface area contributed by atoms with Gasteiger partial charge in [-0.1, -0.05) is 0 Å². The Labute approximate surface area is 108 Å². The van der Waals surface area contributed by atoms with Crippen LogP contribution in [0.15, 0.2) is 23.1 Å². The van der Waals surface area contributed by atoms with Crippen molar-refractivity contribution in [3.05, 3.63) is 34.5 Å². The zero-order chi connectivity index (χ0) is 12.3. The third-order valence-electron chi connectivity index (χ3n) is 2.53. The van der Waals surface area contributed by atoms with Gasteiger partial charge in [0.25, 0.3) is 0 Å². The zero-order valence-corrected chi connectivity index (χ0v) is 11.4. The van der Waals surface area contributed by atoms with E-state index >= 15 is 0 Å². The van der Waals surface area contributed by atoms with E-state index in [1.807, 2.05) is 17.6 Å². The van der Waals surface area contributed by atoms with Gasteiger partial charge in [-0.15, -0.1) is 10.2 Å². The molecule has 0 aliphatic rings.